The molecule has 0 aliphatic carbocycles. The number of carbonyl (C=O) groups excluding carboxylic acids is 1. The molecule has 0 aliphatic heterocycles. The zero-order valence-electron chi connectivity index (χ0n) is 13.7. The molecule has 2 aromatic heterocycles. The van der Waals surface area contributed by atoms with E-state index in [2.05, 4.69) is 10.2 Å². The molecule has 0 bridgehead atoms. The van der Waals surface area contributed by atoms with E-state index in [1.54, 1.807) is 6.07 Å². The van der Waals surface area contributed by atoms with Gasteiger partial charge >= 0.3 is 5.97 Å². The predicted molar refractivity (Wildman–Crippen MR) is 96.3 cm³/mol. The summed E-state index contributed by atoms with van der Waals surface area (Å²) >= 11 is 5.86. The third-order valence-corrected chi connectivity index (χ3v) is 3.94. The highest BCUT2D eigenvalue weighted by atomic mass is 35.5. The van der Waals surface area contributed by atoms with Crippen molar-refractivity contribution in [2.75, 3.05) is 0 Å². The Morgan fingerprint density at radius 2 is 1.85 bits per heavy atom. The van der Waals surface area contributed by atoms with Gasteiger partial charge in [-0.15, -0.1) is 10.2 Å². The first kappa shape index (κ1) is 17.0. The fraction of sp³-hybridized carbons (Fsp3) is 0.0526. The van der Waals surface area contributed by atoms with E-state index in [1.807, 2.05) is 30.3 Å². The van der Waals surface area contributed by atoms with Gasteiger partial charge < -0.3 is 13.6 Å². The highest BCUT2D eigenvalue weighted by molar-refractivity contribution is 6.31. The van der Waals surface area contributed by atoms with Gasteiger partial charge in [-0.25, -0.2) is 4.79 Å². The summed E-state index contributed by atoms with van der Waals surface area (Å²) in [4.78, 5) is 24.3. The second kappa shape index (κ2) is 7.05. The summed E-state index contributed by atoms with van der Waals surface area (Å²) in [5.74, 6) is -0.603. The second-order valence-corrected chi connectivity index (χ2v) is 5.99. The van der Waals surface area contributed by atoms with Gasteiger partial charge in [0.15, 0.2) is 12.0 Å². The molecule has 0 spiro atoms. The van der Waals surface area contributed by atoms with Crippen LogP contribution in [0.2, 0.25) is 5.02 Å². The Balaban J connectivity index is 1.50. The van der Waals surface area contributed by atoms with Gasteiger partial charge in [0, 0.05) is 16.7 Å². The molecule has 0 amide bonds. The number of rotatable bonds is 4. The minimum atomic E-state index is -0.816. The van der Waals surface area contributed by atoms with E-state index in [1.165, 1.54) is 12.1 Å². The van der Waals surface area contributed by atoms with E-state index in [-0.39, 0.29) is 29.2 Å². The number of aromatic nitrogens is 2. The fourth-order valence-corrected chi connectivity index (χ4v) is 2.61. The summed E-state index contributed by atoms with van der Waals surface area (Å²) in [5.41, 5.74) is 0.597. The van der Waals surface area contributed by atoms with Gasteiger partial charge in [-0.3, -0.25) is 4.79 Å². The van der Waals surface area contributed by atoms with Crippen molar-refractivity contribution < 1.29 is 18.4 Å². The molecule has 134 valence electrons. The molecule has 8 heteroatoms. The minimum absolute atomic E-state index is 0.122. The Morgan fingerprint density at radius 1 is 1.04 bits per heavy atom. The molecule has 0 N–H and O–H groups in total. The SMILES string of the molecule is O=C(OCc1nnc(-c2ccccc2)o1)c1cc(=O)c2cc(Cl)ccc2o1. The van der Waals surface area contributed by atoms with Gasteiger partial charge in [0.05, 0.1) is 5.39 Å². The third-order valence-electron chi connectivity index (χ3n) is 3.70. The molecule has 4 rings (SSSR count). The number of ether oxygens (including phenoxy) is 1. The lowest BCUT2D eigenvalue weighted by molar-refractivity contribution is 0.0403. The van der Waals surface area contributed by atoms with Crippen LogP contribution < -0.4 is 5.43 Å². The molecule has 0 saturated heterocycles. The standard InChI is InChI=1S/C19H11ClN2O5/c20-12-6-7-15-13(8-12)14(23)9-16(26-15)19(24)25-10-17-21-22-18(27-17)11-4-2-1-3-5-11/h1-9H,10H2. The van der Waals surface area contributed by atoms with Crippen molar-refractivity contribution in [2.24, 2.45) is 0 Å². The van der Waals surface area contributed by atoms with Crippen LogP contribution in [0.4, 0.5) is 0 Å². The van der Waals surface area contributed by atoms with Crippen molar-refractivity contribution in [3.63, 3.8) is 0 Å². The lowest BCUT2D eigenvalue weighted by Gasteiger charge is -2.03. The van der Waals surface area contributed by atoms with Crippen LogP contribution in [0.25, 0.3) is 22.4 Å². The van der Waals surface area contributed by atoms with E-state index in [0.29, 0.717) is 10.9 Å². The normalized spacial score (nSPS) is 10.9. The van der Waals surface area contributed by atoms with Crippen LogP contribution in [0.5, 0.6) is 0 Å². The topological polar surface area (TPSA) is 95.4 Å². The summed E-state index contributed by atoms with van der Waals surface area (Å²) in [6.07, 6.45) is 0. The quantitative estimate of drug-likeness (QED) is 0.494. The Labute approximate surface area is 157 Å². The van der Waals surface area contributed by atoms with Crippen molar-refractivity contribution in [1.82, 2.24) is 10.2 Å². The molecule has 2 aromatic carbocycles. The summed E-state index contributed by atoms with van der Waals surface area (Å²) in [6.45, 7) is -0.249. The number of fused-ring (bicyclic) bond motifs is 1. The van der Waals surface area contributed by atoms with E-state index < -0.39 is 11.4 Å². The number of esters is 1. The van der Waals surface area contributed by atoms with E-state index >= 15 is 0 Å². The zero-order chi connectivity index (χ0) is 18.8. The molecule has 0 aliphatic rings. The maximum atomic E-state index is 12.2. The molecule has 7 nitrogen and oxygen atoms in total. The number of hydrogen-bond donors (Lipinski definition) is 0. The highest BCUT2D eigenvalue weighted by Crippen LogP contribution is 2.19. The maximum absolute atomic E-state index is 12.2. The van der Waals surface area contributed by atoms with Crippen LogP contribution in [0.1, 0.15) is 16.4 Å². The number of halogens is 1. The van der Waals surface area contributed by atoms with Crippen LogP contribution in [0.15, 0.2) is 68.2 Å². The van der Waals surface area contributed by atoms with E-state index in [9.17, 15) is 9.59 Å². The average Bonchev–Trinajstić information content (AvgIpc) is 3.16. The van der Waals surface area contributed by atoms with Crippen molar-refractivity contribution >= 4 is 28.5 Å². The second-order valence-electron chi connectivity index (χ2n) is 5.56. The molecule has 27 heavy (non-hydrogen) atoms. The van der Waals surface area contributed by atoms with Gasteiger partial charge in [0.25, 0.3) is 5.89 Å². The van der Waals surface area contributed by atoms with Crippen molar-refractivity contribution in [3.05, 3.63) is 81.5 Å². The van der Waals surface area contributed by atoms with Crippen LogP contribution in [0.3, 0.4) is 0 Å². The smallest absolute Gasteiger partial charge is 0.374 e. The first-order valence-electron chi connectivity index (χ1n) is 7.88. The molecule has 2 heterocycles. The minimum Gasteiger partial charge on any atom is -0.450 e. The first-order chi connectivity index (χ1) is 13.1. The molecule has 0 atom stereocenters. The summed E-state index contributed by atoms with van der Waals surface area (Å²) in [5, 5.41) is 8.42. The Kier molecular flexibility index (Phi) is 4.43. The van der Waals surface area contributed by atoms with Gasteiger partial charge in [-0.2, -0.15) is 0 Å². The zero-order valence-corrected chi connectivity index (χ0v) is 14.5. The van der Waals surface area contributed by atoms with Crippen LogP contribution >= 0.6 is 11.6 Å². The molecule has 0 radical (unpaired) electrons. The van der Waals surface area contributed by atoms with Crippen LogP contribution in [0, 0.1) is 0 Å². The Morgan fingerprint density at radius 3 is 2.67 bits per heavy atom. The molecule has 4 aromatic rings. The van der Waals surface area contributed by atoms with Gasteiger partial charge in [0.2, 0.25) is 11.7 Å². The molecule has 0 saturated carbocycles. The Bertz CT molecular complexity index is 1180. The number of carbonyl (C=O) groups is 1. The summed E-state index contributed by atoms with van der Waals surface area (Å²) < 4.78 is 16.0. The fourth-order valence-electron chi connectivity index (χ4n) is 2.44. The van der Waals surface area contributed by atoms with Crippen molar-refractivity contribution in [1.29, 1.82) is 0 Å². The van der Waals surface area contributed by atoms with Gasteiger partial charge in [-0.1, -0.05) is 29.8 Å². The van der Waals surface area contributed by atoms with E-state index in [0.717, 1.165) is 11.6 Å². The van der Waals surface area contributed by atoms with Crippen LogP contribution in [-0.4, -0.2) is 16.2 Å². The van der Waals surface area contributed by atoms with Crippen molar-refractivity contribution in [2.45, 2.75) is 6.61 Å². The summed E-state index contributed by atoms with van der Waals surface area (Å²) in [7, 11) is 0. The number of hydrogen-bond acceptors (Lipinski definition) is 7. The molecule has 0 unspecified atom stereocenters. The van der Waals surface area contributed by atoms with Crippen LogP contribution in [-0.2, 0) is 11.3 Å². The maximum Gasteiger partial charge on any atom is 0.374 e. The molecular weight excluding hydrogens is 372 g/mol. The lowest BCUT2D eigenvalue weighted by Crippen LogP contribution is -2.10. The number of nitrogens with zero attached hydrogens (tertiary/aromatic N) is 2. The monoisotopic (exact) mass is 382 g/mol. The van der Waals surface area contributed by atoms with Crippen molar-refractivity contribution in [3.8, 4) is 11.5 Å². The third kappa shape index (κ3) is 3.58. The number of benzene rings is 2. The van der Waals surface area contributed by atoms with E-state index in [4.69, 9.17) is 25.2 Å². The summed E-state index contributed by atoms with van der Waals surface area (Å²) in [6, 6.07) is 14.8. The van der Waals surface area contributed by atoms with Gasteiger partial charge in [0.1, 0.15) is 5.58 Å². The predicted octanol–water partition coefficient (Wildman–Crippen LogP) is 3.85. The Hall–Kier alpha value is -3.45. The molecule has 0 fully saturated rings. The lowest BCUT2D eigenvalue weighted by atomic mass is 10.2. The average molecular weight is 383 g/mol. The molecular formula is C19H11ClN2O5. The largest absolute Gasteiger partial charge is 0.450 e. The van der Waals surface area contributed by atoms with Gasteiger partial charge in [-0.05, 0) is 30.3 Å². The first-order valence-corrected chi connectivity index (χ1v) is 8.26. The highest BCUT2D eigenvalue weighted by Gasteiger charge is 2.16.